The number of benzene rings is 2. The van der Waals surface area contributed by atoms with E-state index in [1.165, 1.54) is 12.3 Å². The van der Waals surface area contributed by atoms with Crippen LogP contribution >= 0.6 is 22.9 Å². The summed E-state index contributed by atoms with van der Waals surface area (Å²) in [6.45, 7) is -0.640. The molecule has 2 heterocycles. The van der Waals surface area contributed by atoms with E-state index in [4.69, 9.17) is 16.3 Å². The molecule has 2 aromatic heterocycles. The minimum absolute atomic E-state index is 0.0268. The third-order valence-electron chi connectivity index (χ3n) is 6.02. The molecule has 1 amide bonds. The number of fused-ring (bicyclic) bond motifs is 1. The number of thiophene rings is 1. The molecular formula is C27H21ClF6N2O4S. The Kier molecular flexibility index (Phi) is 8.83. The maximum absolute atomic E-state index is 13.1. The molecule has 6 nitrogen and oxygen atoms in total. The molecule has 4 aromatic rings. The summed E-state index contributed by atoms with van der Waals surface area (Å²) in [4.78, 5) is 26.8. The third-order valence-corrected chi connectivity index (χ3v) is 7.47. The SMILES string of the molecule is Cn1cc(C(=O)NCc2ccc(Cl)cc2)c(=O)c2cc(COC[C@@H](O)c3cc(C(F)(F)F)cc(C(F)(F)F)c3)sc21. The number of halogens is 7. The van der Waals surface area contributed by atoms with Crippen LogP contribution in [0.5, 0.6) is 0 Å². The summed E-state index contributed by atoms with van der Waals surface area (Å²) in [7, 11) is 1.63. The molecule has 4 rings (SSSR count). The van der Waals surface area contributed by atoms with Crippen molar-refractivity contribution >= 4 is 39.1 Å². The molecule has 0 radical (unpaired) electrons. The highest BCUT2D eigenvalue weighted by Crippen LogP contribution is 2.37. The quantitative estimate of drug-likeness (QED) is 0.222. The molecule has 1 atom stereocenters. The number of hydrogen-bond acceptors (Lipinski definition) is 5. The van der Waals surface area contributed by atoms with Gasteiger partial charge in [0, 0.05) is 29.7 Å². The first-order chi connectivity index (χ1) is 19.1. The maximum Gasteiger partial charge on any atom is 0.416 e. The predicted molar refractivity (Wildman–Crippen MR) is 141 cm³/mol. The van der Waals surface area contributed by atoms with Crippen molar-refractivity contribution in [3.05, 3.63) is 103 Å². The number of nitrogens with zero attached hydrogens (tertiary/aromatic N) is 1. The van der Waals surface area contributed by atoms with E-state index in [1.807, 2.05) is 0 Å². The summed E-state index contributed by atoms with van der Waals surface area (Å²) in [6, 6.07) is 9.13. The number of alkyl halides is 6. The lowest BCUT2D eigenvalue weighted by Crippen LogP contribution is -2.29. The molecule has 2 aromatic carbocycles. The van der Waals surface area contributed by atoms with Crippen LogP contribution in [0.25, 0.3) is 10.2 Å². The first kappa shape index (κ1) is 30.6. The lowest BCUT2D eigenvalue weighted by molar-refractivity contribution is -0.143. The first-order valence-electron chi connectivity index (χ1n) is 11.8. The van der Waals surface area contributed by atoms with Crippen molar-refractivity contribution in [3.63, 3.8) is 0 Å². The summed E-state index contributed by atoms with van der Waals surface area (Å²) in [6.07, 6.45) is -10.5. The number of aryl methyl sites for hydroxylation is 1. The Morgan fingerprint density at radius 1 is 1.05 bits per heavy atom. The molecule has 0 aliphatic rings. The van der Waals surface area contributed by atoms with Crippen LogP contribution in [0.4, 0.5) is 26.3 Å². The second kappa shape index (κ2) is 11.8. The van der Waals surface area contributed by atoms with Crippen molar-refractivity contribution in [1.29, 1.82) is 0 Å². The Balaban J connectivity index is 1.46. The second-order valence-corrected chi connectivity index (χ2v) is 10.6. The van der Waals surface area contributed by atoms with Gasteiger partial charge in [0.15, 0.2) is 0 Å². The van der Waals surface area contributed by atoms with Gasteiger partial charge in [-0.3, -0.25) is 9.59 Å². The van der Waals surface area contributed by atoms with Gasteiger partial charge in [-0.25, -0.2) is 0 Å². The minimum atomic E-state index is -5.05. The highest BCUT2D eigenvalue weighted by Gasteiger charge is 2.37. The Morgan fingerprint density at radius 2 is 1.66 bits per heavy atom. The highest BCUT2D eigenvalue weighted by molar-refractivity contribution is 7.18. The average molecular weight is 619 g/mol. The van der Waals surface area contributed by atoms with Crippen molar-refractivity contribution in [2.75, 3.05) is 6.61 Å². The summed E-state index contributed by atoms with van der Waals surface area (Å²) < 4.78 is 85.6. The van der Waals surface area contributed by atoms with Gasteiger partial charge in [-0.15, -0.1) is 11.3 Å². The lowest BCUT2D eigenvalue weighted by Gasteiger charge is -2.17. The normalized spacial score (nSPS) is 13.0. The second-order valence-electron chi connectivity index (χ2n) is 9.09. The van der Waals surface area contributed by atoms with Crippen molar-refractivity contribution in [1.82, 2.24) is 9.88 Å². The Bertz CT molecular complexity index is 1600. The number of nitrogens with one attached hydrogen (secondary N) is 1. The van der Waals surface area contributed by atoms with E-state index in [9.17, 15) is 41.0 Å². The number of pyridine rings is 1. The molecule has 0 fully saturated rings. The van der Waals surface area contributed by atoms with E-state index in [-0.39, 0.29) is 30.2 Å². The molecule has 218 valence electrons. The van der Waals surface area contributed by atoms with E-state index in [0.29, 0.717) is 26.9 Å². The Labute approximate surface area is 237 Å². The zero-order valence-electron chi connectivity index (χ0n) is 21.1. The topological polar surface area (TPSA) is 80.6 Å². The smallest absolute Gasteiger partial charge is 0.386 e. The van der Waals surface area contributed by atoms with Gasteiger partial charge in [0.25, 0.3) is 5.91 Å². The van der Waals surface area contributed by atoms with E-state index < -0.39 is 53.1 Å². The van der Waals surface area contributed by atoms with Crippen LogP contribution in [0.15, 0.2) is 59.5 Å². The predicted octanol–water partition coefficient (Wildman–Crippen LogP) is 6.47. The van der Waals surface area contributed by atoms with Crippen LogP contribution in [0, 0.1) is 0 Å². The van der Waals surface area contributed by atoms with Crippen LogP contribution in [0.2, 0.25) is 5.02 Å². The van der Waals surface area contributed by atoms with Gasteiger partial charge in [-0.2, -0.15) is 26.3 Å². The van der Waals surface area contributed by atoms with Gasteiger partial charge < -0.3 is 19.7 Å². The Hall–Kier alpha value is -3.39. The summed E-state index contributed by atoms with van der Waals surface area (Å²) >= 11 is 7.00. The van der Waals surface area contributed by atoms with Gasteiger partial charge in [0.2, 0.25) is 5.43 Å². The Morgan fingerprint density at radius 3 is 2.24 bits per heavy atom. The molecule has 0 saturated carbocycles. The monoisotopic (exact) mass is 618 g/mol. The number of aliphatic hydroxyl groups is 1. The number of aromatic nitrogens is 1. The minimum Gasteiger partial charge on any atom is -0.386 e. The van der Waals surface area contributed by atoms with Gasteiger partial charge in [0.05, 0.1) is 29.7 Å². The number of amides is 1. The van der Waals surface area contributed by atoms with E-state index in [1.54, 1.807) is 35.9 Å². The number of aliphatic hydroxyl groups excluding tert-OH is 1. The van der Waals surface area contributed by atoms with Crippen molar-refractivity contribution < 1.29 is 41.0 Å². The summed E-state index contributed by atoms with van der Waals surface area (Å²) in [5.74, 6) is -0.589. The van der Waals surface area contributed by atoms with Crippen LogP contribution in [-0.2, 0) is 37.3 Å². The molecule has 0 bridgehead atoms. The summed E-state index contributed by atoms with van der Waals surface area (Å²) in [5, 5.41) is 13.7. The van der Waals surface area contributed by atoms with Crippen LogP contribution in [-0.4, -0.2) is 22.2 Å². The van der Waals surface area contributed by atoms with E-state index in [2.05, 4.69) is 5.32 Å². The maximum atomic E-state index is 13.1. The first-order valence-corrected chi connectivity index (χ1v) is 13.0. The number of ether oxygens (including phenoxy) is 1. The van der Waals surface area contributed by atoms with Crippen LogP contribution < -0.4 is 10.7 Å². The molecule has 14 heteroatoms. The largest absolute Gasteiger partial charge is 0.416 e. The number of hydrogen-bond donors (Lipinski definition) is 2. The fourth-order valence-corrected chi connectivity index (χ4v) is 5.12. The van der Waals surface area contributed by atoms with Gasteiger partial charge in [-0.1, -0.05) is 23.7 Å². The average Bonchev–Trinajstić information content (AvgIpc) is 3.34. The molecule has 0 unspecified atom stereocenters. The fraction of sp³-hybridized carbons (Fsp3) is 0.259. The van der Waals surface area contributed by atoms with Gasteiger partial charge in [0.1, 0.15) is 16.5 Å². The number of rotatable bonds is 8. The number of carbonyl (C=O) groups is 1. The zero-order chi connectivity index (χ0) is 30.1. The zero-order valence-corrected chi connectivity index (χ0v) is 22.6. The van der Waals surface area contributed by atoms with Crippen molar-refractivity contribution in [2.45, 2.75) is 31.6 Å². The molecule has 0 saturated heterocycles. The number of carbonyl (C=O) groups excluding carboxylic acids is 1. The van der Waals surface area contributed by atoms with Gasteiger partial charge in [-0.05, 0) is 47.5 Å². The molecule has 0 spiro atoms. The third kappa shape index (κ3) is 7.28. The molecular weight excluding hydrogens is 598 g/mol. The van der Waals surface area contributed by atoms with E-state index in [0.717, 1.165) is 16.9 Å². The molecule has 41 heavy (non-hydrogen) atoms. The molecule has 2 N–H and O–H groups in total. The van der Waals surface area contributed by atoms with Crippen molar-refractivity contribution in [3.8, 4) is 0 Å². The van der Waals surface area contributed by atoms with Crippen LogP contribution in [0.1, 0.15) is 43.6 Å². The van der Waals surface area contributed by atoms with E-state index >= 15 is 0 Å². The van der Waals surface area contributed by atoms with Gasteiger partial charge >= 0.3 is 12.4 Å². The summed E-state index contributed by atoms with van der Waals surface area (Å²) in [5.41, 5.74) is -3.55. The standard InChI is InChI=1S/C27H21ClF6N2O4S/c1-36-11-21(24(39)35-10-14-2-4-18(28)5-3-14)23(38)20-9-19(41-25(20)36)12-40-13-22(37)15-6-16(26(29,30)31)8-17(7-15)27(32,33)34/h2-9,11,22,37H,10,12-13H2,1H3,(H,35,39)/t22-/m1/s1. The van der Waals surface area contributed by atoms with Crippen LogP contribution in [0.3, 0.4) is 0 Å². The highest BCUT2D eigenvalue weighted by atomic mass is 35.5. The molecule has 0 aliphatic carbocycles. The lowest BCUT2D eigenvalue weighted by atomic mass is 10.0. The van der Waals surface area contributed by atoms with Crippen molar-refractivity contribution in [2.24, 2.45) is 7.05 Å². The molecule has 0 aliphatic heterocycles. The fourth-order valence-electron chi connectivity index (χ4n) is 3.96.